The van der Waals surface area contributed by atoms with Crippen molar-refractivity contribution in [2.75, 3.05) is 32.1 Å². The molecule has 2 aromatic carbocycles. The fourth-order valence-electron chi connectivity index (χ4n) is 4.49. The first-order valence-electron chi connectivity index (χ1n) is 12.5. The van der Waals surface area contributed by atoms with Gasteiger partial charge in [-0.15, -0.1) is 0 Å². The average Bonchev–Trinajstić information content (AvgIpc) is 2.91. The van der Waals surface area contributed by atoms with E-state index in [1.165, 1.54) is 5.56 Å². The Morgan fingerprint density at radius 1 is 1.19 bits per heavy atom. The van der Waals surface area contributed by atoms with Crippen LogP contribution < -0.4 is 10.1 Å². The first-order chi connectivity index (χ1) is 17.9. The Bertz CT molecular complexity index is 1210. The van der Waals surface area contributed by atoms with Crippen molar-refractivity contribution in [3.63, 3.8) is 0 Å². The lowest BCUT2D eigenvalue weighted by Crippen LogP contribution is -2.49. The molecule has 3 aromatic rings. The summed E-state index contributed by atoms with van der Waals surface area (Å²) in [6.07, 6.45) is 2.92. The van der Waals surface area contributed by atoms with Crippen molar-refractivity contribution >= 4 is 17.5 Å². The number of aromatic nitrogens is 1. The van der Waals surface area contributed by atoms with Crippen LogP contribution in [0.25, 0.3) is 0 Å². The van der Waals surface area contributed by atoms with Crippen LogP contribution in [0.3, 0.4) is 0 Å². The summed E-state index contributed by atoms with van der Waals surface area (Å²) in [5.74, 6) is -0.0437. The Labute approximate surface area is 217 Å². The van der Waals surface area contributed by atoms with Crippen LogP contribution in [-0.4, -0.2) is 70.6 Å². The molecule has 0 aliphatic carbocycles. The first-order valence-corrected chi connectivity index (χ1v) is 12.5. The Hall–Kier alpha value is -3.75. The lowest BCUT2D eigenvalue weighted by molar-refractivity contribution is 0.0341. The monoisotopic (exact) mass is 502 g/mol. The van der Waals surface area contributed by atoms with Gasteiger partial charge in [0.2, 0.25) is 0 Å². The van der Waals surface area contributed by atoms with Gasteiger partial charge in [0.05, 0.1) is 18.2 Å². The van der Waals surface area contributed by atoms with E-state index in [-0.39, 0.29) is 36.5 Å². The molecule has 2 amide bonds. The maximum Gasteiger partial charge on any atom is 0.258 e. The molecule has 4 rings (SSSR count). The van der Waals surface area contributed by atoms with E-state index in [2.05, 4.69) is 41.3 Å². The molecule has 8 heteroatoms. The first kappa shape index (κ1) is 26.3. The van der Waals surface area contributed by atoms with Gasteiger partial charge in [-0.3, -0.25) is 19.5 Å². The van der Waals surface area contributed by atoms with E-state index in [1.54, 1.807) is 47.6 Å². The normalized spacial score (nSPS) is 18.4. The van der Waals surface area contributed by atoms with Gasteiger partial charge < -0.3 is 20.1 Å². The Morgan fingerprint density at radius 2 is 1.92 bits per heavy atom. The molecule has 2 heterocycles. The highest BCUT2D eigenvalue weighted by atomic mass is 16.5. The molecule has 0 spiro atoms. The second kappa shape index (κ2) is 12.0. The van der Waals surface area contributed by atoms with Crippen molar-refractivity contribution in [1.29, 1.82) is 0 Å². The molecule has 1 aliphatic heterocycles. The highest BCUT2D eigenvalue weighted by Gasteiger charge is 2.33. The number of carbonyl (C=O) groups excluding carboxylic acids is 2. The highest BCUT2D eigenvalue weighted by Crippen LogP contribution is 2.31. The molecule has 37 heavy (non-hydrogen) atoms. The molecule has 8 nitrogen and oxygen atoms in total. The third-order valence-corrected chi connectivity index (χ3v) is 6.65. The number of amides is 2. The summed E-state index contributed by atoms with van der Waals surface area (Å²) < 4.78 is 6.46. The zero-order valence-corrected chi connectivity index (χ0v) is 21.5. The van der Waals surface area contributed by atoms with Crippen LogP contribution in [0.4, 0.5) is 5.69 Å². The molecule has 0 fully saturated rings. The van der Waals surface area contributed by atoms with E-state index in [1.807, 2.05) is 25.1 Å². The van der Waals surface area contributed by atoms with Crippen molar-refractivity contribution in [2.45, 2.75) is 32.5 Å². The second-order valence-corrected chi connectivity index (χ2v) is 9.71. The van der Waals surface area contributed by atoms with Crippen molar-refractivity contribution in [2.24, 2.45) is 5.92 Å². The van der Waals surface area contributed by atoms with E-state index >= 15 is 0 Å². The number of anilines is 1. The van der Waals surface area contributed by atoms with Crippen LogP contribution in [0, 0.1) is 5.92 Å². The number of nitrogens with one attached hydrogen (secondary N) is 1. The predicted molar refractivity (Wildman–Crippen MR) is 143 cm³/mol. The van der Waals surface area contributed by atoms with Crippen molar-refractivity contribution in [3.8, 4) is 5.75 Å². The van der Waals surface area contributed by atoms with Crippen LogP contribution in [0.2, 0.25) is 0 Å². The Balaban J connectivity index is 1.60. The standard InChI is InChI=1S/C29H34N4O4/c1-20-16-33(21(2)19-34)29(36)25-15-24(31-28(35)23-11-13-30-14-12-23)9-10-26(25)37-27(20)18-32(3)17-22-7-5-4-6-8-22/h4-15,20-21,27,34H,16-19H2,1-3H3,(H,31,35)/t20-,21+,27-/m0/s1. The highest BCUT2D eigenvalue weighted by molar-refractivity contribution is 6.05. The van der Waals surface area contributed by atoms with Crippen LogP contribution in [0.15, 0.2) is 73.1 Å². The van der Waals surface area contributed by atoms with E-state index in [0.717, 1.165) is 6.54 Å². The third-order valence-electron chi connectivity index (χ3n) is 6.65. The maximum atomic E-state index is 13.6. The molecule has 0 bridgehead atoms. The quantitative estimate of drug-likeness (QED) is 0.488. The Kier molecular flexibility index (Phi) is 8.53. The molecule has 0 saturated heterocycles. The minimum absolute atomic E-state index is 0.0235. The molecular formula is C29H34N4O4. The minimum atomic E-state index is -0.362. The lowest BCUT2D eigenvalue weighted by atomic mass is 9.99. The summed E-state index contributed by atoms with van der Waals surface area (Å²) in [5.41, 5.74) is 2.52. The summed E-state index contributed by atoms with van der Waals surface area (Å²) in [6, 6.07) is 18.3. The summed E-state index contributed by atoms with van der Waals surface area (Å²) >= 11 is 0. The van der Waals surface area contributed by atoms with Gasteiger partial charge in [0.1, 0.15) is 11.9 Å². The van der Waals surface area contributed by atoms with Gasteiger partial charge in [0.25, 0.3) is 11.8 Å². The number of likely N-dealkylation sites (N-methyl/N-ethyl adjacent to an activating group) is 1. The van der Waals surface area contributed by atoms with E-state index in [9.17, 15) is 14.7 Å². The number of nitrogens with zero attached hydrogens (tertiary/aromatic N) is 3. The molecule has 2 N–H and O–H groups in total. The van der Waals surface area contributed by atoms with Crippen LogP contribution in [0.1, 0.15) is 40.1 Å². The smallest absolute Gasteiger partial charge is 0.258 e. The van der Waals surface area contributed by atoms with E-state index < -0.39 is 0 Å². The van der Waals surface area contributed by atoms with Gasteiger partial charge in [0.15, 0.2) is 0 Å². The SMILES string of the molecule is C[C@H](CO)N1C[C@H](C)[C@H](CN(C)Cc2ccccc2)Oc2ccc(NC(=O)c3ccncc3)cc2C1=O. The Morgan fingerprint density at radius 3 is 2.62 bits per heavy atom. The van der Waals surface area contributed by atoms with E-state index in [4.69, 9.17) is 4.74 Å². The number of carbonyl (C=O) groups is 2. The predicted octanol–water partition coefficient (Wildman–Crippen LogP) is 3.69. The minimum Gasteiger partial charge on any atom is -0.488 e. The molecule has 0 unspecified atom stereocenters. The van der Waals surface area contributed by atoms with Crippen molar-refractivity contribution in [1.82, 2.24) is 14.8 Å². The summed E-state index contributed by atoms with van der Waals surface area (Å²) in [7, 11) is 2.06. The average molecular weight is 503 g/mol. The molecular weight excluding hydrogens is 468 g/mol. The van der Waals surface area contributed by atoms with E-state index in [0.29, 0.717) is 35.7 Å². The molecule has 1 aromatic heterocycles. The number of aliphatic hydroxyl groups is 1. The van der Waals surface area contributed by atoms with Gasteiger partial charge in [0, 0.05) is 49.2 Å². The largest absolute Gasteiger partial charge is 0.488 e. The number of ether oxygens (including phenoxy) is 1. The number of benzene rings is 2. The van der Waals surface area contributed by atoms with Crippen molar-refractivity contribution < 1.29 is 19.4 Å². The second-order valence-electron chi connectivity index (χ2n) is 9.71. The number of hydrogen-bond donors (Lipinski definition) is 2. The van der Waals surface area contributed by atoms with Crippen LogP contribution in [-0.2, 0) is 6.54 Å². The molecule has 0 radical (unpaired) electrons. The zero-order chi connectivity index (χ0) is 26.4. The number of fused-ring (bicyclic) bond motifs is 1. The summed E-state index contributed by atoms with van der Waals surface area (Å²) in [5, 5.41) is 12.7. The summed E-state index contributed by atoms with van der Waals surface area (Å²) in [6.45, 7) is 5.63. The number of aliphatic hydroxyl groups excluding tert-OH is 1. The van der Waals surface area contributed by atoms with Crippen LogP contribution >= 0.6 is 0 Å². The molecule has 1 aliphatic rings. The lowest BCUT2D eigenvalue weighted by Gasteiger charge is -2.38. The van der Waals surface area contributed by atoms with Gasteiger partial charge in [-0.25, -0.2) is 0 Å². The van der Waals surface area contributed by atoms with Crippen LogP contribution in [0.5, 0.6) is 5.75 Å². The van der Waals surface area contributed by atoms with Gasteiger partial charge in [-0.05, 0) is 49.9 Å². The number of hydrogen-bond acceptors (Lipinski definition) is 6. The summed E-state index contributed by atoms with van der Waals surface area (Å²) in [4.78, 5) is 34.1. The molecule has 3 atom stereocenters. The number of rotatable bonds is 8. The topological polar surface area (TPSA) is 95.0 Å². The molecule has 194 valence electrons. The molecule has 0 saturated carbocycles. The maximum absolute atomic E-state index is 13.6. The van der Waals surface area contributed by atoms with Gasteiger partial charge in [-0.2, -0.15) is 0 Å². The fraction of sp³-hybridized carbons (Fsp3) is 0.345. The van der Waals surface area contributed by atoms with Gasteiger partial charge >= 0.3 is 0 Å². The third kappa shape index (κ3) is 6.53. The zero-order valence-electron chi connectivity index (χ0n) is 21.5. The van der Waals surface area contributed by atoms with Crippen molar-refractivity contribution in [3.05, 3.63) is 89.7 Å². The number of pyridine rings is 1. The van der Waals surface area contributed by atoms with Gasteiger partial charge in [-0.1, -0.05) is 37.3 Å². The fourth-order valence-corrected chi connectivity index (χ4v) is 4.49.